The zero-order chi connectivity index (χ0) is 5.28. The molecule has 0 saturated carbocycles. The number of thiazole rings is 1. The maximum absolute atomic E-state index is 5.47. The molecule has 7 heavy (non-hydrogen) atoms. The highest BCUT2D eigenvalue weighted by Crippen LogP contribution is 2.15. The van der Waals surface area contributed by atoms with Crippen LogP contribution in [0.2, 0.25) is 4.47 Å². The van der Waals surface area contributed by atoms with Gasteiger partial charge in [0.1, 0.15) is 0 Å². The maximum Gasteiger partial charge on any atom is 0.183 e. The molecule has 0 unspecified atom stereocenters. The van der Waals surface area contributed by atoms with Crippen molar-refractivity contribution in [2.75, 3.05) is 0 Å². The van der Waals surface area contributed by atoms with Crippen LogP contribution in [-0.4, -0.2) is 4.98 Å². The van der Waals surface area contributed by atoms with E-state index in [-0.39, 0.29) is 0 Å². The van der Waals surface area contributed by atoms with Crippen LogP contribution >= 0.6 is 22.9 Å². The number of aryl methyl sites for hydroxylation is 1. The van der Waals surface area contributed by atoms with Crippen molar-refractivity contribution in [3.05, 3.63) is 15.5 Å². The van der Waals surface area contributed by atoms with Crippen molar-refractivity contribution in [2.24, 2.45) is 0 Å². The highest BCUT2D eigenvalue weighted by Gasteiger charge is 1.88. The van der Waals surface area contributed by atoms with Gasteiger partial charge in [-0.1, -0.05) is 11.6 Å². The third kappa shape index (κ3) is 1.14. The van der Waals surface area contributed by atoms with Crippen molar-refractivity contribution in [1.29, 1.82) is 0 Å². The number of aromatic nitrogens is 1. The molecule has 1 nitrogen and oxygen atoms in total. The van der Waals surface area contributed by atoms with Crippen LogP contribution in [0.5, 0.6) is 0 Å². The fraction of sp³-hybridized carbons (Fsp3) is 0.250. The van der Waals surface area contributed by atoms with Gasteiger partial charge in [0.15, 0.2) is 4.47 Å². The van der Waals surface area contributed by atoms with E-state index in [1.807, 2.05) is 6.92 Å². The fourth-order valence-corrected chi connectivity index (χ4v) is 1.22. The van der Waals surface area contributed by atoms with E-state index in [1.54, 1.807) is 6.20 Å². The first kappa shape index (κ1) is 5.06. The van der Waals surface area contributed by atoms with Crippen LogP contribution in [0.15, 0.2) is 6.20 Å². The predicted octanol–water partition coefficient (Wildman–Crippen LogP) is 2.10. The molecule has 0 aliphatic carbocycles. The molecule has 1 rings (SSSR count). The summed E-state index contributed by atoms with van der Waals surface area (Å²) in [5.41, 5.74) is 0. The average molecular weight is 134 g/mol. The monoisotopic (exact) mass is 133 g/mol. The molecule has 1 aromatic rings. The lowest BCUT2D eigenvalue weighted by atomic mass is 10.7. The first-order valence-electron chi connectivity index (χ1n) is 1.87. The summed E-state index contributed by atoms with van der Waals surface area (Å²) in [4.78, 5) is 4.96. The first-order chi connectivity index (χ1) is 3.29. The van der Waals surface area contributed by atoms with Crippen LogP contribution in [0.1, 0.15) is 4.88 Å². The van der Waals surface area contributed by atoms with Gasteiger partial charge in [0.05, 0.1) is 0 Å². The molecule has 0 aliphatic heterocycles. The molecular weight excluding hydrogens is 130 g/mol. The van der Waals surface area contributed by atoms with E-state index in [9.17, 15) is 0 Å². The van der Waals surface area contributed by atoms with Gasteiger partial charge in [-0.2, -0.15) is 0 Å². The van der Waals surface area contributed by atoms with Crippen molar-refractivity contribution in [3.63, 3.8) is 0 Å². The molecule has 0 N–H and O–H groups in total. The van der Waals surface area contributed by atoms with Crippen LogP contribution < -0.4 is 0 Å². The Labute approximate surface area is 51.0 Å². The minimum atomic E-state index is 0.623. The molecule has 3 heteroatoms. The van der Waals surface area contributed by atoms with Gasteiger partial charge in [-0.05, 0) is 6.92 Å². The molecule has 0 atom stereocenters. The Kier molecular flexibility index (Phi) is 1.30. The standard InChI is InChI=1S/C4H4ClNS/c1-3-2-6-4(5)7-3/h2H,1H3. The smallest absolute Gasteiger partial charge is 0.183 e. The zero-order valence-corrected chi connectivity index (χ0v) is 5.38. The molecule has 0 spiro atoms. The summed E-state index contributed by atoms with van der Waals surface area (Å²) >= 11 is 6.96. The second-order valence-electron chi connectivity index (χ2n) is 1.22. The van der Waals surface area contributed by atoms with E-state index in [4.69, 9.17) is 11.6 Å². The highest BCUT2D eigenvalue weighted by molar-refractivity contribution is 7.15. The van der Waals surface area contributed by atoms with Gasteiger partial charge >= 0.3 is 0 Å². The molecule has 0 aromatic carbocycles. The molecule has 0 radical (unpaired) electrons. The number of nitrogens with zero attached hydrogens (tertiary/aromatic N) is 1. The summed E-state index contributed by atoms with van der Waals surface area (Å²) in [6.07, 6.45) is 1.76. The summed E-state index contributed by atoms with van der Waals surface area (Å²) in [5, 5.41) is 0. The molecule has 0 aliphatic rings. The van der Waals surface area contributed by atoms with Crippen molar-refractivity contribution >= 4 is 22.9 Å². The Hall–Kier alpha value is -0.0800. The Balaban J connectivity index is 3.04. The second-order valence-corrected chi connectivity index (χ2v) is 3.04. The van der Waals surface area contributed by atoms with Crippen LogP contribution in [0.3, 0.4) is 0 Å². The normalized spacial score (nSPS) is 9.43. The summed E-state index contributed by atoms with van der Waals surface area (Å²) < 4.78 is 0.623. The number of halogens is 1. The quantitative estimate of drug-likeness (QED) is 0.528. The molecule has 0 fully saturated rings. The predicted molar refractivity (Wildman–Crippen MR) is 31.9 cm³/mol. The van der Waals surface area contributed by atoms with Gasteiger partial charge in [-0.25, -0.2) is 4.98 Å². The molecule has 0 bridgehead atoms. The Bertz CT molecular complexity index is 144. The molecule has 38 valence electrons. The van der Waals surface area contributed by atoms with Gasteiger partial charge in [0, 0.05) is 11.1 Å². The Morgan fingerprint density at radius 1 is 1.86 bits per heavy atom. The minimum absolute atomic E-state index is 0.623. The van der Waals surface area contributed by atoms with Crippen LogP contribution in [0, 0.1) is 6.92 Å². The summed E-state index contributed by atoms with van der Waals surface area (Å²) in [6.45, 7) is 1.98. The first-order valence-corrected chi connectivity index (χ1v) is 3.06. The van der Waals surface area contributed by atoms with E-state index in [2.05, 4.69) is 4.98 Å². The van der Waals surface area contributed by atoms with Gasteiger partial charge in [0.25, 0.3) is 0 Å². The lowest BCUT2D eigenvalue weighted by Crippen LogP contribution is -1.50. The van der Waals surface area contributed by atoms with E-state index >= 15 is 0 Å². The van der Waals surface area contributed by atoms with Crippen molar-refractivity contribution in [2.45, 2.75) is 6.92 Å². The largest absolute Gasteiger partial charge is 0.233 e. The number of hydrogen-bond donors (Lipinski definition) is 0. The molecule has 0 saturated heterocycles. The fourth-order valence-electron chi connectivity index (χ4n) is 0.327. The SMILES string of the molecule is Cc1cnc(Cl)s1. The molecule has 1 heterocycles. The van der Waals surface area contributed by atoms with Gasteiger partial charge in [-0.15, -0.1) is 11.3 Å². The maximum atomic E-state index is 5.47. The van der Waals surface area contributed by atoms with Crippen molar-refractivity contribution in [3.8, 4) is 0 Å². The van der Waals surface area contributed by atoms with Crippen LogP contribution in [0.4, 0.5) is 0 Å². The van der Waals surface area contributed by atoms with Gasteiger partial charge in [0.2, 0.25) is 0 Å². The van der Waals surface area contributed by atoms with E-state index in [1.165, 1.54) is 11.3 Å². The van der Waals surface area contributed by atoms with Crippen molar-refractivity contribution < 1.29 is 0 Å². The highest BCUT2D eigenvalue weighted by atomic mass is 35.5. The van der Waals surface area contributed by atoms with Crippen LogP contribution in [-0.2, 0) is 0 Å². The van der Waals surface area contributed by atoms with E-state index in [0.29, 0.717) is 4.47 Å². The van der Waals surface area contributed by atoms with Crippen LogP contribution in [0.25, 0.3) is 0 Å². The zero-order valence-electron chi connectivity index (χ0n) is 3.81. The van der Waals surface area contributed by atoms with Crippen molar-refractivity contribution in [1.82, 2.24) is 4.98 Å². The van der Waals surface area contributed by atoms with Gasteiger partial charge < -0.3 is 0 Å². The van der Waals surface area contributed by atoms with Gasteiger partial charge in [-0.3, -0.25) is 0 Å². The minimum Gasteiger partial charge on any atom is -0.233 e. The van der Waals surface area contributed by atoms with E-state index < -0.39 is 0 Å². The number of rotatable bonds is 0. The number of hydrogen-bond acceptors (Lipinski definition) is 2. The third-order valence-electron chi connectivity index (χ3n) is 0.593. The Morgan fingerprint density at radius 3 is 2.71 bits per heavy atom. The lowest BCUT2D eigenvalue weighted by molar-refractivity contribution is 1.39. The third-order valence-corrected chi connectivity index (χ3v) is 1.62. The average Bonchev–Trinajstić information content (AvgIpc) is 1.87. The topological polar surface area (TPSA) is 12.9 Å². The Morgan fingerprint density at radius 2 is 2.57 bits per heavy atom. The molecular formula is C4H4ClNS. The molecule has 0 amide bonds. The summed E-state index contributed by atoms with van der Waals surface area (Å²) in [6, 6.07) is 0. The molecule has 1 aromatic heterocycles. The lowest BCUT2D eigenvalue weighted by Gasteiger charge is -1.66. The van der Waals surface area contributed by atoms with E-state index in [0.717, 1.165) is 4.88 Å². The summed E-state index contributed by atoms with van der Waals surface area (Å²) in [5.74, 6) is 0. The summed E-state index contributed by atoms with van der Waals surface area (Å²) in [7, 11) is 0. The second kappa shape index (κ2) is 1.80.